The maximum Gasteiger partial charge on any atom is 0.407 e. The summed E-state index contributed by atoms with van der Waals surface area (Å²) < 4.78 is 7.15. The highest BCUT2D eigenvalue weighted by Crippen LogP contribution is 2.21. The summed E-state index contributed by atoms with van der Waals surface area (Å²) in [6, 6.07) is 9.30. The number of carbonyl (C=O) groups is 1. The van der Waals surface area contributed by atoms with Gasteiger partial charge in [-0.25, -0.2) is 14.8 Å². The van der Waals surface area contributed by atoms with Crippen LogP contribution >= 0.6 is 11.8 Å². The first kappa shape index (κ1) is 16.3. The summed E-state index contributed by atoms with van der Waals surface area (Å²) in [5.74, 6) is 0. The van der Waals surface area contributed by atoms with Crippen LogP contribution in [0.3, 0.4) is 0 Å². The van der Waals surface area contributed by atoms with E-state index >= 15 is 0 Å². The molecule has 7 heteroatoms. The van der Waals surface area contributed by atoms with Crippen molar-refractivity contribution in [1.82, 2.24) is 19.7 Å². The van der Waals surface area contributed by atoms with Crippen molar-refractivity contribution in [2.45, 2.75) is 24.6 Å². The Kier molecular flexibility index (Phi) is 5.00. The van der Waals surface area contributed by atoms with Crippen LogP contribution in [0, 0.1) is 0 Å². The zero-order valence-corrected chi connectivity index (χ0v) is 14.3. The van der Waals surface area contributed by atoms with Crippen LogP contribution in [0.25, 0.3) is 5.65 Å². The third-order valence-electron chi connectivity index (χ3n) is 3.55. The molecule has 1 atom stereocenters. The molecule has 1 aromatic carbocycles. The fourth-order valence-corrected chi connectivity index (χ4v) is 2.82. The van der Waals surface area contributed by atoms with Gasteiger partial charge in [0, 0.05) is 18.6 Å². The topological polar surface area (TPSA) is 68.5 Å². The van der Waals surface area contributed by atoms with Gasteiger partial charge in [0.05, 0.1) is 11.7 Å². The predicted octanol–water partition coefficient (Wildman–Crippen LogP) is 3.44. The van der Waals surface area contributed by atoms with Gasteiger partial charge in [0.25, 0.3) is 0 Å². The van der Waals surface area contributed by atoms with Crippen LogP contribution in [0.15, 0.2) is 53.9 Å². The van der Waals surface area contributed by atoms with Gasteiger partial charge in [-0.3, -0.25) is 0 Å². The van der Waals surface area contributed by atoms with Gasteiger partial charge in [-0.15, -0.1) is 11.8 Å². The molecule has 0 fully saturated rings. The normalized spacial score (nSPS) is 12.1. The number of carbonyl (C=O) groups excluding carboxylic acids is 1. The van der Waals surface area contributed by atoms with Crippen LogP contribution in [0.5, 0.6) is 0 Å². The minimum Gasteiger partial charge on any atom is -0.445 e. The molecule has 0 aliphatic heterocycles. The number of benzene rings is 1. The van der Waals surface area contributed by atoms with Crippen molar-refractivity contribution in [2.75, 3.05) is 6.26 Å². The van der Waals surface area contributed by atoms with Crippen LogP contribution in [0.4, 0.5) is 4.79 Å². The molecule has 0 aliphatic carbocycles. The highest BCUT2D eigenvalue weighted by Gasteiger charge is 2.15. The van der Waals surface area contributed by atoms with Crippen molar-refractivity contribution in [3.8, 4) is 0 Å². The molecule has 1 N–H and O–H groups in total. The van der Waals surface area contributed by atoms with Crippen LogP contribution in [0.1, 0.15) is 24.2 Å². The molecule has 6 nitrogen and oxygen atoms in total. The number of thioether (sulfide) groups is 1. The van der Waals surface area contributed by atoms with Crippen molar-refractivity contribution >= 4 is 23.5 Å². The van der Waals surface area contributed by atoms with Gasteiger partial charge in [-0.2, -0.15) is 0 Å². The highest BCUT2D eigenvalue weighted by molar-refractivity contribution is 7.98. The lowest BCUT2D eigenvalue weighted by Crippen LogP contribution is -2.28. The number of aromatic nitrogens is 3. The molecule has 124 valence electrons. The van der Waals surface area contributed by atoms with Gasteiger partial charge >= 0.3 is 6.09 Å². The van der Waals surface area contributed by atoms with E-state index < -0.39 is 6.09 Å². The molecule has 2 aromatic heterocycles. The van der Waals surface area contributed by atoms with Gasteiger partial charge in [0.15, 0.2) is 5.65 Å². The quantitative estimate of drug-likeness (QED) is 0.719. The monoisotopic (exact) mass is 342 g/mol. The molecule has 0 spiro atoms. The number of hydrogen-bond acceptors (Lipinski definition) is 5. The van der Waals surface area contributed by atoms with Crippen LogP contribution in [-0.2, 0) is 11.3 Å². The molecule has 0 bridgehead atoms. The molecular weight excluding hydrogens is 324 g/mol. The maximum absolute atomic E-state index is 12.0. The summed E-state index contributed by atoms with van der Waals surface area (Å²) in [5.41, 5.74) is 2.51. The lowest BCUT2D eigenvalue weighted by molar-refractivity contribution is 0.136. The Balaban J connectivity index is 1.65. The number of ether oxygens (including phenoxy) is 1. The smallest absolute Gasteiger partial charge is 0.407 e. The first-order valence-corrected chi connectivity index (χ1v) is 8.74. The van der Waals surface area contributed by atoms with E-state index in [9.17, 15) is 4.79 Å². The summed E-state index contributed by atoms with van der Waals surface area (Å²) in [5, 5.41) is 3.63. The summed E-state index contributed by atoms with van der Waals surface area (Å²) in [7, 11) is 0. The Bertz CT molecular complexity index is 835. The first-order valence-electron chi connectivity index (χ1n) is 7.52. The Morgan fingerprint density at radius 2 is 2.17 bits per heavy atom. The number of rotatable bonds is 5. The molecule has 24 heavy (non-hydrogen) atoms. The number of nitrogens with zero attached hydrogens (tertiary/aromatic N) is 3. The fraction of sp³-hybridized carbons (Fsp3) is 0.235. The predicted molar refractivity (Wildman–Crippen MR) is 92.9 cm³/mol. The van der Waals surface area contributed by atoms with E-state index in [0.717, 1.165) is 21.9 Å². The minimum absolute atomic E-state index is 0.240. The van der Waals surface area contributed by atoms with Crippen molar-refractivity contribution in [2.24, 2.45) is 0 Å². The molecule has 0 saturated heterocycles. The lowest BCUT2D eigenvalue weighted by atomic mass is 10.2. The average Bonchev–Trinajstić information content (AvgIpc) is 3.08. The Hall–Kier alpha value is -2.54. The summed E-state index contributed by atoms with van der Waals surface area (Å²) in [6.07, 6.45) is 6.94. The van der Waals surface area contributed by atoms with E-state index in [4.69, 9.17) is 4.74 Å². The Morgan fingerprint density at radius 3 is 2.92 bits per heavy atom. The summed E-state index contributed by atoms with van der Waals surface area (Å²) in [4.78, 5) is 20.8. The lowest BCUT2D eigenvalue weighted by Gasteiger charge is -2.15. The van der Waals surface area contributed by atoms with Gasteiger partial charge in [-0.05, 0) is 18.7 Å². The van der Waals surface area contributed by atoms with E-state index in [-0.39, 0.29) is 12.6 Å². The van der Waals surface area contributed by atoms with E-state index in [0.29, 0.717) is 0 Å². The van der Waals surface area contributed by atoms with E-state index in [1.165, 1.54) is 11.8 Å². The first-order chi connectivity index (χ1) is 11.7. The van der Waals surface area contributed by atoms with Gasteiger partial charge in [-0.1, -0.05) is 30.3 Å². The number of amides is 1. The van der Waals surface area contributed by atoms with E-state index in [1.54, 1.807) is 6.20 Å². The Labute approximate surface area is 144 Å². The van der Waals surface area contributed by atoms with Gasteiger partial charge < -0.3 is 14.5 Å². The Morgan fingerprint density at radius 1 is 1.38 bits per heavy atom. The zero-order chi connectivity index (χ0) is 16.9. The number of nitrogens with one attached hydrogen (secondary N) is 1. The van der Waals surface area contributed by atoms with Gasteiger partial charge in [0.1, 0.15) is 11.6 Å². The van der Waals surface area contributed by atoms with Crippen LogP contribution in [0.2, 0.25) is 0 Å². The maximum atomic E-state index is 12.0. The van der Waals surface area contributed by atoms with Crippen LogP contribution in [-0.4, -0.2) is 26.7 Å². The molecular formula is C17H18N4O2S. The van der Waals surface area contributed by atoms with Crippen molar-refractivity contribution in [3.63, 3.8) is 0 Å². The highest BCUT2D eigenvalue weighted by atomic mass is 32.2. The van der Waals surface area contributed by atoms with Gasteiger partial charge in [0.2, 0.25) is 0 Å². The largest absolute Gasteiger partial charge is 0.445 e. The molecule has 0 aliphatic rings. The third-order valence-corrected chi connectivity index (χ3v) is 4.21. The van der Waals surface area contributed by atoms with E-state index in [1.807, 2.05) is 60.3 Å². The second-order valence-corrected chi connectivity index (χ2v) is 6.06. The number of hydrogen-bond donors (Lipinski definition) is 1. The third kappa shape index (κ3) is 3.68. The summed E-state index contributed by atoms with van der Waals surface area (Å²) >= 11 is 1.52. The number of fused-ring (bicyclic) bond motifs is 1. The molecule has 3 rings (SSSR count). The number of alkyl carbamates (subject to hydrolysis) is 1. The van der Waals surface area contributed by atoms with Crippen molar-refractivity contribution in [3.05, 3.63) is 60.2 Å². The van der Waals surface area contributed by atoms with Crippen molar-refractivity contribution in [1.29, 1.82) is 0 Å². The SMILES string of the molecule is CSc1nc(C(C)NC(=O)OCc2ccccc2)cn2ccnc12. The molecule has 1 unspecified atom stereocenters. The second-order valence-electron chi connectivity index (χ2n) is 5.26. The average molecular weight is 342 g/mol. The zero-order valence-electron chi connectivity index (χ0n) is 13.5. The summed E-state index contributed by atoms with van der Waals surface area (Å²) in [6.45, 7) is 2.11. The molecule has 3 aromatic rings. The molecule has 0 radical (unpaired) electrons. The van der Waals surface area contributed by atoms with Crippen molar-refractivity contribution < 1.29 is 9.53 Å². The molecule has 2 heterocycles. The van der Waals surface area contributed by atoms with Crippen LogP contribution < -0.4 is 5.32 Å². The number of imidazole rings is 1. The second kappa shape index (κ2) is 7.35. The fourth-order valence-electron chi connectivity index (χ4n) is 2.28. The standard InChI is InChI=1S/C17H18N4O2S/c1-12(19-17(22)23-11-13-6-4-3-5-7-13)14-10-21-9-8-18-15(21)16(20-14)24-2/h3-10,12H,11H2,1-2H3,(H,19,22). The molecule has 1 amide bonds. The minimum atomic E-state index is -0.468. The molecule has 0 saturated carbocycles. The van der Waals surface area contributed by atoms with E-state index in [2.05, 4.69) is 15.3 Å².